The van der Waals surface area contributed by atoms with Crippen LogP contribution in [0.4, 0.5) is 24.9 Å². The molecule has 8 nitrogen and oxygen atoms in total. The Morgan fingerprint density at radius 3 is 2.23 bits per heavy atom. The van der Waals surface area contributed by atoms with Crippen LogP contribution in [0.15, 0.2) is 59.5 Å². The molecule has 0 bridgehead atoms. The quantitative estimate of drug-likeness (QED) is 0.321. The minimum atomic E-state index is -5.08. The van der Waals surface area contributed by atoms with Gasteiger partial charge in [0.05, 0.1) is 11.3 Å². The predicted molar refractivity (Wildman–Crippen MR) is 147 cm³/mol. The molecule has 3 aromatic rings. The molecule has 2 aromatic carbocycles. The number of thioether (sulfide) groups is 1. The first-order chi connectivity index (χ1) is 18.5. The van der Waals surface area contributed by atoms with Gasteiger partial charge in [-0.1, -0.05) is 30.3 Å². The number of para-hydroxylation sites is 1. The van der Waals surface area contributed by atoms with Crippen molar-refractivity contribution in [3.05, 3.63) is 54.6 Å². The summed E-state index contributed by atoms with van der Waals surface area (Å²) in [5.74, 6) is -0.0139. The van der Waals surface area contributed by atoms with Gasteiger partial charge in [-0.2, -0.15) is 18.2 Å². The number of carboxylic acids is 1. The normalized spacial score (nSPS) is 17.1. The number of carboxylic acid groups (broad SMARTS) is 1. The van der Waals surface area contributed by atoms with E-state index >= 15 is 0 Å². The second-order valence-corrected chi connectivity index (χ2v) is 10.4. The molecule has 0 saturated heterocycles. The Kier molecular flexibility index (Phi) is 10.8. The lowest BCUT2D eigenvalue weighted by Gasteiger charge is -2.29. The molecular weight excluding hydrogens is 531 g/mol. The van der Waals surface area contributed by atoms with E-state index in [0.717, 1.165) is 53.8 Å². The Morgan fingerprint density at radius 1 is 1.00 bits per heavy atom. The molecule has 3 N–H and O–H groups in total. The second kappa shape index (κ2) is 14.0. The monoisotopic (exact) mass is 563 g/mol. The van der Waals surface area contributed by atoms with Gasteiger partial charge < -0.3 is 20.6 Å². The van der Waals surface area contributed by atoms with Crippen molar-refractivity contribution >= 4 is 46.3 Å². The van der Waals surface area contributed by atoms with Crippen molar-refractivity contribution in [3.8, 4) is 0 Å². The fourth-order valence-electron chi connectivity index (χ4n) is 4.13. The number of anilines is 2. The van der Waals surface area contributed by atoms with E-state index in [0.29, 0.717) is 23.7 Å². The Bertz CT molecular complexity index is 1240. The fourth-order valence-corrected chi connectivity index (χ4v) is 4.88. The minimum Gasteiger partial charge on any atom is -0.475 e. The van der Waals surface area contributed by atoms with Crippen molar-refractivity contribution < 1.29 is 27.9 Å². The van der Waals surface area contributed by atoms with Gasteiger partial charge in [0.1, 0.15) is 5.82 Å². The highest BCUT2D eigenvalue weighted by Crippen LogP contribution is 2.28. The summed E-state index contributed by atoms with van der Waals surface area (Å²) in [5, 5.41) is 14.9. The third kappa shape index (κ3) is 9.61. The van der Waals surface area contributed by atoms with Gasteiger partial charge in [0.15, 0.2) is 0 Å². The average molecular weight is 564 g/mol. The number of aromatic nitrogens is 2. The largest absolute Gasteiger partial charge is 0.490 e. The van der Waals surface area contributed by atoms with Crippen LogP contribution in [0.2, 0.25) is 0 Å². The molecule has 0 aliphatic heterocycles. The molecular formula is C27H32F3N5O3S. The number of carbonyl (C=O) groups excluding carboxylic acids is 1. The lowest BCUT2D eigenvalue weighted by Crippen LogP contribution is -2.35. The molecule has 210 valence electrons. The van der Waals surface area contributed by atoms with E-state index in [1.54, 1.807) is 11.8 Å². The molecule has 1 aromatic heterocycles. The van der Waals surface area contributed by atoms with Crippen LogP contribution in [0, 0.1) is 5.92 Å². The van der Waals surface area contributed by atoms with E-state index in [-0.39, 0.29) is 5.91 Å². The maximum atomic E-state index is 12.2. The molecule has 1 fully saturated rings. The van der Waals surface area contributed by atoms with Crippen LogP contribution in [-0.4, -0.2) is 65.6 Å². The molecule has 0 spiro atoms. The van der Waals surface area contributed by atoms with Crippen LogP contribution in [0.3, 0.4) is 0 Å². The number of benzene rings is 2. The van der Waals surface area contributed by atoms with Crippen molar-refractivity contribution in [3.63, 3.8) is 0 Å². The van der Waals surface area contributed by atoms with Crippen molar-refractivity contribution in [2.75, 3.05) is 36.6 Å². The molecule has 1 amide bonds. The maximum Gasteiger partial charge on any atom is 0.490 e. The van der Waals surface area contributed by atoms with Gasteiger partial charge in [0, 0.05) is 37.0 Å². The molecule has 1 heterocycles. The van der Waals surface area contributed by atoms with Crippen LogP contribution in [0.25, 0.3) is 10.9 Å². The number of hydrogen-bond donors (Lipinski definition) is 3. The zero-order chi connectivity index (χ0) is 28.4. The van der Waals surface area contributed by atoms with Crippen LogP contribution in [0.1, 0.15) is 25.7 Å². The molecule has 39 heavy (non-hydrogen) atoms. The number of nitrogens with zero attached hydrogens (tertiary/aromatic N) is 3. The van der Waals surface area contributed by atoms with Gasteiger partial charge in [-0.25, -0.2) is 9.78 Å². The number of fused-ring (bicyclic) bond motifs is 1. The fraction of sp³-hybridized carbons (Fsp3) is 0.407. The predicted octanol–water partition coefficient (Wildman–Crippen LogP) is 5.21. The number of aliphatic carboxylic acids is 1. The molecule has 1 aliphatic rings. The summed E-state index contributed by atoms with van der Waals surface area (Å²) in [5.41, 5.74) is 0.957. The summed E-state index contributed by atoms with van der Waals surface area (Å²) in [6, 6.07) is 18.5. The van der Waals surface area contributed by atoms with E-state index in [9.17, 15) is 18.0 Å². The maximum absolute atomic E-state index is 12.2. The third-order valence-corrected chi connectivity index (χ3v) is 7.14. The van der Waals surface area contributed by atoms with Crippen molar-refractivity contribution in [1.29, 1.82) is 0 Å². The highest BCUT2D eigenvalue weighted by atomic mass is 32.2. The van der Waals surface area contributed by atoms with Crippen molar-refractivity contribution in [1.82, 2.24) is 15.3 Å². The smallest absolute Gasteiger partial charge is 0.475 e. The van der Waals surface area contributed by atoms with E-state index in [4.69, 9.17) is 19.9 Å². The second-order valence-electron chi connectivity index (χ2n) is 9.35. The van der Waals surface area contributed by atoms with Crippen LogP contribution < -0.4 is 15.5 Å². The van der Waals surface area contributed by atoms with Crippen LogP contribution in [-0.2, 0) is 9.59 Å². The number of rotatable bonds is 8. The number of hydrogen-bond acceptors (Lipinski definition) is 7. The van der Waals surface area contributed by atoms with Gasteiger partial charge in [-0.15, -0.1) is 11.8 Å². The van der Waals surface area contributed by atoms with E-state index < -0.39 is 12.1 Å². The molecule has 0 atom stereocenters. The Morgan fingerprint density at radius 2 is 1.62 bits per heavy atom. The summed E-state index contributed by atoms with van der Waals surface area (Å²) in [7, 11) is 4.02. The third-order valence-electron chi connectivity index (χ3n) is 6.13. The van der Waals surface area contributed by atoms with Gasteiger partial charge in [-0.05, 0) is 55.9 Å². The van der Waals surface area contributed by atoms with Gasteiger partial charge >= 0.3 is 12.1 Å². The Labute approximate surface area is 229 Å². The number of nitrogens with one attached hydrogen (secondary N) is 2. The standard InChI is InChI=1S/C25H31N5OS.C2HF3O2/c1-30(2)24-21-10-6-7-11-22(21)28-25(29-24)27-19-14-12-18(13-15-19)16-26-23(31)17-32-20-8-4-3-5-9-20;3-2(4,5)1(6)7/h3-11,18-19H,12-17H2,1-2H3,(H,26,31)(H,27,28,29);(H,6,7). The van der Waals surface area contributed by atoms with E-state index in [1.165, 1.54) is 0 Å². The minimum absolute atomic E-state index is 0.111. The molecule has 4 rings (SSSR count). The number of halogens is 3. The summed E-state index contributed by atoms with van der Waals surface area (Å²) >= 11 is 1.58. The highest BCUT2D eigenvalue weighted by molar-refractivity contribution is 8.00. The summed E-state index contributed by atoms with van der Waals surface area (Å²) in [6.07, 6.45) is -0.768. The first-order valence-corrected chi connectivity index (χ1v) is 13.5. The summed E-state index contributed by atoms with van der Waals surface area (Å²) in [4.78, 5) is 33.7. The topological polar surface area (TPSA) is 107 Å². The first kappa shape index (κ1) is 30.0. The molecule has 12 heteroatoms. The summed E-state index contributed by atoms with van der Waals surface area (Å²) < 4.78 is 31.7. The molecule has 0 radical (unpaired) electrons. The van der Waals surface area contributed by atoms with E-state index in [2.05, 4.69) is 16.7 Å². The average Bonchev–Trinajstić information content (AvgIpc) is 2.91. The summed E-state index contributed by atoms with van der Waals surface area (Å²) in [6.45, 7) is 0.762. The van der Waals surface area contributed by atoms with Crippen LogP contribution >= 0.6 is 11.8 Å². The lowest BCUT2D eigenvalue weighted by molar-refractivity contribution is -0.192. The van der Waals surface area contributed by atoms with Crippen molar-refractivity contribution in [2.24, 2.45) is 5.92 Å². The molecule has 1 aliphatic carbocycles. The van der Waals surface area contributed by atoms with Gasteiger partial charge in [0.2, 0.25) is 11.9 Å². The Hall–Kier alpha value is -3.54. The van der Waals surface area contributed by atoms with E-state index in [1.807, 2.05) is 67.5 Å². The molecule has 1 saturated carbocycles. The number of amides is 1. The highest BCUT2D eigenvalue weighted by Gasteiger charge is 2.38. The zero-order valence-electron chi connectivity index (χ0n) is 21.7. The van der Waals surface area contributed by atoms with Crippen molar-refractivity contribution in [2.45, 2.75) is 42.8 Å². The Balaban J connectivity index is 0.000000532. The van der Waals surface area contributed by atoms with Gasteiger partial charge in [-0.3, -0.25) is 4.79 Å². The van der Waals surface area contributed by atoms with Crippen LogP contribution in [0.5, 0.6) is 0 Å². The molecule has 0 unspecified atom stereocenters. The van der Waals surface area contributed by atoms with Gasteiger partial charge in [0.25, 0.3) is 0 Å². The first-order valence-electron chi connectivity index (χ1n) is 12.5. The SMILES string of the molecule is CN(C)c1nc(NC2CCC(CNC(=O)CSc3ccccc3)CC2)nc2ccccc12.O=C(O)C(F)(F)F. The number of carbonyl (C=O) groups is 2. The lowest BCUT2D eigenvalue weighted by atomic mass is 9.86. The number of alkyl halides is 3. The zero-order valence-corrected chi connectivity index (χ0v) is 22.6.